The Morgan fingerprint density at radius 2 is 1.90 bits per heavy atom. The van der Waals surface area contributed by atoms with E-state index in [9.17, 15) is 4.79 Å². The number of para-hydroxylation sites is 1. The molecule has 0 aliphatic carbocycles. The van der Waals surface area contributed by atoms with Crippen molar-refractivity contribution < 1.29 is 9.53 Å². The molecule has 2 aromatic carbocycles. The largest absolute Gasteiger partial charge is 0.492 e. The van der Waals surface area contributed by atoms with Gasteiger partial charge in [-0.2, -0.15) is 0 Å². The topological polar surface area (TPSA) is 29.5 Å². The Hall–Kier alpha value is -2.29. The highest BCUT2D eigenvalue weighted by Crippen LogP contribution is 2.26. The summed E-state index contributed by atoms with van der Waals surface area (Å²) in [7, 11) is 0. The minimum atomic E-state index is 0.648. The minimum Gasteiger partial charge on any atom is -0.492 e. The summed E-state index contributed by atoms with van der Waals surface area (Å²) >= 11 is 0. The van der Waals surface area contributed by atoms with E-state index in [0.29, 0.717) is 12.2 Å². The van der Waals surface area contributed by atoms with Crippen LogP contribution in [0.25, 0.3) is 0 Å². The lowest BCUT2D eigenvalue weighted by molar-refractivity contribution is 0.112. The third-order valence-corrected chi connectivity index (χ3v) is 3.85. The lowest BCUT2D eigenvalue weighted by atomic mass is 10.0. The number of fused-ring (bicyclic) bond motifs is 1. The van der Waals surface area contributed by atoms with Gasteiger partial charge >= 0.3 is 0 Å². The van der Waals surface area contributed by atoms with E-state index in [1.54, 1.807) is 12.1 Å². The van der Waals surface area contributed by atoms with E-state index in [-0.39, 0.29) is 0 Å². The molecule has 0 amide bonds. The molecule has 108 valence electrons. The van der Waals surface area contributed by atoms with E-state index in [0.717, 1.165) is 25.1 Å². The normalized spacial score (nSPS) is 13.6. The average Bonchev–Trinajstić information content (AvgIpc) is 2.56. The molecule has 0 unspecified atom stereocenters. The summed E-state index contributed by atoms with van der Waals surface area (Å²) < 4.78 is 5.77. The summed E-state index contributed by atoms with van der Waals surface area (Å²) in [5.41, 5.74) is 3.44. The van der Waals surface area contributed by atoms with Crippen LogP contribution in [-0.4, -0.2) is 26.0 Å². The molecule has 21 heavy (non-hydrogen) atoms. The van der Waals surface area contributed by atoms with Gasteiger partial charge in [0.25, 0.3) is 0 Å². The second-order valence-electron chi connectivity index (χ2n) is 5.25. The highest BCUT2D eigenvalue weighted by atomic mass is 16.5. The van der Waals surface area contributed by atoms with Crippen molar-refractivity contribution in [3.8, 4) is 5.75 Å². The molecule has 0 aromatic heterocycles. The van der Waals surface area contributed by atoms with E-state index < -0.39 is 0 Å². The van der Waals surface area contributed by atoms with E-state index in [1.165, 1.54) is 24.1 Å². The maximum atomic E-state index is 10.6. The van der Waals surface area contributed by atoms with Crippen molar-refractivity contribution >= 4 is 12.0 Å². The van der Waals surface area contributed by atoms with Crippen molar-refractivity contribution in [2.75, 3.05) is 24.6 Å². The second kappa shape index (κ2) is 6.44. The molecule has 2 aromatic rings. The number of carbonyl (C=O) groups excluding carboxylic acids is 1. The highest BCUT2D eigenvalue weighted by molar-refractivity contribution is 5.74. The Morgan fingerprint density at radius 1 is 1.10 bits per heavy atom. The van der Waals surface area contributed by atoms with Crippen molar-refractivity contribution in [1.82, 2.24) is 0 Å². The highest BCUT2D eigenvalue weighted by Gasteiger charge is 2.15. The van der Waals surface area contributed by atoms with Crippen LogP contribution in [0.5, 0.6) is 5.75 Å². The number of hydrogen-bond donors (Lipinski definition) is 0. The number of aryl methyl sites for hydroxylation is 1. The Morgan fingerprint density at radius 3 is 2.71 bits per heavy atom. The number of carbonyl (C=O) groups is 1. The van der Waals surface area contributed by atoms with Gasteiger partial charge < -0.3 is 9.64 Å². The lowest BCUT2D eigenvalue weighted by Crippen LogP contribution is -2.33. The number of aldehydes is 1. The summed E-state index contributed by atoms with van der Waals surface area (Å²) in [5.74, 6) is 0.811. The van der Waals surface area contributed by atoms with Gasteiger partial charge in [0.1, 0.15) is 18.6 Å². The van der Waals surface area contributed by atoms with Gasteiger partial charge in [0, 0.05) is 17.8 Å². The molecule has 1 aliphatic rings. The first-order chi connectivity index (χ1) is 10.4. The standard InChI is InChI=1S/C18H19NO2/c20-14-15-7-9-17(10-8-15)21-13-12-19-11-3-5-16-4-1-2-6-18(16)19/h1-2,4,6-10,14H,3,5,11-13H2. The molecule has 3 heteroatoms. The van der Waals surface area contributed by atoms with Crippen LogP contribution in [0.4, 0.5) is 5.69 Å². The van der Waals surface area contributed by atoms with Gasteiger partial charge in [0.2, 0.25) is 0 Å². The quantitative estimate of drug-likeness (QED) is 0.787. The molecule has 0 radical (unpaired) electrons. The molecule has 1 aliphatic heterocycles. The fourth-order valence-electron chi connectivity index (χ4n) is 2.76. The smallest absolute Gasteiger partial charge is 0.150 e. The van der Waals surface area contributed by atoms with E-state index in [1.807, 2.05) is 12.1 Å². The summed E-state index contributed by atoms with van der Waals surface area (Å²) in [5, 5.41) is 0. The maximum absolute atomic E-state index is 10.6. The van der Waals surface area contributed by atoms with Crippen LogP contribution >= 0.6 is 0 Å². The lowest BCUT2D eigenvalue weighted by Gasteiger charge is -2.31. The molecule has 1 heterocycles. The second-order valence-corrected chi connectivity index (χ2v) is 5.25. The van der Waals surface area contributed by atoms with Crippen molar-refractivity contribution in [3.63, 3.8) is 0 Å². The van der Waals surface area contributed by atoms with Crippen LogP contribution in [0, 0.1) is 0 Å². The third kappa shape index (κ3) is 3.24. The molecule has 0 bridgehead atoms. The Bertz CT molecular complexity index is 607. The summed E-state index contributed by atoms with van der Waals surface area (Å²) in [6.07, 6.45) is 3.21. The number of rotatable bonds is 5. The molecule has 0 N–H and O–H groups in total. The number of ether oxygens (including phenoxy) is 1. The predicted octanol–water partition coefficient (Wildman–Crippen LogP) is 3.33. The first-order valence-corrected chi connectivity index (χ1v) is 7.38. The van der Waals surface area contributed by atoms with Gasteiger partial charge in [-0.05, 0) is 48.7 Å². The number of anilines is 1. The van der Waals surface area contributed by atoms with E-state index >= 15 is 0 Å². The zero-order valence-electron chi connectivity index (χ0n) is 12.0. The molecular weight excluding hydrogens is 262 g/mol. The minimum absolute atomic E-state index is 0.648. The van der Waals surface area contributed by atoms with Crippen LogP contribution in [0.15, 0.2) is 48.5 Å². The fraction of sp³-hybridized carbons (Fsp3) is 0.278. The molecule has 0 spiro atoms. The third-order valence-electron chi connectivity index (χ3n) is 3.85. The van der Waals surface area contributed by atoms with Gasteiger partial charge in [0.15, 0.2) is 0 Å². The van der Waals surface area contributed by atoms with E-state index in [4.69, 9.17) is 4.74 Å². The molecule has 0 atom stereocenters. The first-order valence-electron chi connectivity index (χ1n) is 7.38. The molecular formula is C18H19NO2. The monoisotopic (exact) mass is 281 g/mol. The average molecular weight is 281 g/mol. The van der Waals surface area contributed by atoms with Crippen LogP contribution < -0.4 is 9.64 Å². The number of hydrogen-bond acceptors (Lipinski definition) is 3. The van der Waals surface area contributed by atoms with Gasteiger partial charge in [-0.15, -0.1) is 0 Å². The number of benzene rings is 2. The van der Waals surface area contributed by atoms with Gasteiger partial charge in [-0.3, -0.25) is 4.79 Å². The summed E-state index contributed by atoms with van der Waals surface area (Å²) in [6.45, 7) is 2.62. The maximum Gasteiger partial charge on any atom is 0.150 e. The van der Waals surface area contributed by atoms with Crippen LogP contribution in [0.2, 0.25) is 0 Å². The summed E-state index contributed by atoms with van der Waals surface area (Å²) in [6, 6.07) is 15.8. The number of nitrogens with zero attached hydrogens (tertiary/aromatic N) is 1. The van der Waals surface area contributed by atoms with Crippen LogP contribution in [0.1, 0.15) is 22.3 Å². The molecule has 0 saturated carbocycles. The van der Waals surface area contributed by atoms with E-state index in [2.05, 4.69) is 29.2 Å². The first kappa shape index (κ1) is 13.7. The molecule has 0 fully saturated rings. The van der Waals surface area contributed by atoms with Crippen LogP contribution in [0.3, 0.4) is 0 Å². The zero-order valence-corrected chi connectivity index (χ0v) is 12.0. The fourth-order valence-corrected chi connectivity index (χ4v) is 2.76. The Kier molecular flexibility index (Phi) is 4.20. The van der Waals surface area contributed by atoms with Crippen molar-refractivity contribution in [2.24, 2.45) is 0 Å². The molecule has 3 nitrogen and oxygen atoms in total. The summed E-state index contributed by atoms with van der Waals surface area (Å²) in [4.78, 5) is 13.0. The van der Waals surface area contributed by atoms with Gasteiger partial charge in [0.05, 0.1) is 6.54 Å². The Labute approximate surface area is 125 Å². The van der Waals surface area contributed by atoms with Gasteiger partial charge in [-0.1, -0.05) is 18.2 Å². The van der Waals surface area contributed by atoms with Gasteiger partial charge in [-0.25, -0.2) is 0 Å². The van der Waals surface area contributed by atoms with Crippen molar-refractivity contribution in [2.45, 2.75) is 12.8 Å². The predicted molar refractivity (Wildman–Crippen MR) is 84.3 cm³/mol. The SMILES string of the molecule is O=Cc1ccc(OCCN2CCCc3ccccc32)cc1. The van der Waals surface area contributed by atoms with Crippen LogP contribution in [-0.2, 0) is 6.42 Å². The zero-order chi connectivity index (χ0) is 14.5. The Balaban J connectivity index is 1.57. The molecule has 0 saturated heterocycles. The van der Waals surface area contributed by atoms with Crippen molar-refractivity contribution in [3.05, 3.63) is 59.7 Å². The molecule has 3 rings (SSSR count). The van der Waals surface area contributed by atoms with Crippen molar-refractivity contribution in [1.29, 1.82) is 0 Å².